The van der Waals surface area contributed by atoms with Crippen LogP contribution in [0.3, 0.4) is 0 Å². The number of rotatable bonds is 11. The van der Waals surface area contributed by atoms with Gasteiger partial charge in [-0.2, -0.15) is 0 Å². The number of hydrogen-bond acceptors (Lipinski definition) is 4. The topological polar surface area (TPSA) is 86.8 Å². The van der Waals surface area contributed by atoms with Crippen LogP contribution in [0.2, 0.25) is 0 Å². The normalized spacial score (nSPS) is 12.2. The Morgan fingerprint density at radius 2 is 1.70 bits per heavy atom. The van der Waals surface area contributed by atoms with Gasteiger partial charge in [0.1, 0.15) is 18.4 Å². The molecule has 0 radical (unpaired) electrons. The molecule has 33 heavy (non-hydrogen) atoms. The second kappa shape index (κ2) is 11.8. The van der Waals surface area contributed by atoms with Gasteiger partial charge in [0.2, 0.25) is 21.8 Å². The van der Waals surface area contributed by atoms with Crippen LogP contribution in [0.15, 0.2) is 48.5 Å². The molecule has 0 saturated carbocycles. The molecule has 0 aromatic heterocycles. The Hall–Kier alpha value is -2.94. The SMILES string of the molecule is CCCNC(=O)[C@H](CC)N(Cc1ccc(F)cc1)C(=O)CN(c1ccccc1C)S(C)(=O)=O. The summed E-state index contributed by atoms with van der Waals surface area (Å²) in [5.74, 6) is -1.24. The smallest absolute Gasteiger partial charge is 0.244 e. The van der Waals surface area contributed by atoms with Crippen molar-refractivity contribution in [2.24, 2.45) is 0 Å². The van der Waals surface area contributed by atoms with Crippen molar-refractivity contribution in [1.82, 2.24) is 10.2 Å². The second-order valence-corrected chi connectivity index (χ2v) is 9.83. The largest absolute Gasteiger partial charge is 0.354 e. The predicted molar refractivity (Wildman–Crippen MR) is 128 cm³/mol. The standard InChI is InChI=1S/C24H32FN3O4S/c1-5-15-26-24(30)21(6-2)27(16-19-11-13-20(25)14-12-19)23(29)17-28(33(4,31)32)22-10-8-7-9-18(22)3/h7-14,21H,5-6,15-17H2,1-4H3,(H,26,30)/t21-/m0/s1. The molecule has 0 aliphatic carbocycles. The number of carbonyl (C=O) groups is 2. The number of amides is 2. The lowest BCUT2D eigenvalue weighted by molar-refractivity contribution is -0.140. The summed E-state index contributed by atoms with van der Waals surface area (Å²) < 4.78 is 39.6. The van der Waals surface area contributed by atoms with E-state index < -0.39 is 34.3 Å². The number of hydrogen-bond donors (Lipinski definition) is 1. The van der Waals surface area contributed by atoms with Gasteiger partial charge in [-0.25, -0.2) is 12.8 Å². The van der Waals surface area contributed by atoms with E-state index in [-0.39, 0.29) is 12.5 Å². The number of para-hydroxylation sites is 1. The molecule has 0 bridgehead atoms. The first-order valence-electron chi connectivity index (χ1n) is 10.9. The van der Waals surface area contributed by atoms with Gasteiger partial charge < -0.3 is 10.2 Å². The van der Waals surface area contributed by atoms with Crippen LogP contribution in [0.5, 0.6) is 0 Å². The van der Waals surface area contributed by atoms with Gasteiger partial charge in [0.05, 0.1) is 11.9 Å². The highest BCUT2D eigenvalue weighted by molar-refractivity contribution is 7.92. The van der Waals surface area contributed by atoms with E-state index in [1.165, 1.54) is 17.0 Å². The molecular weight excluding hydrogens is 445 g/mol. The summed E-state index contributed by atoms with van der Waals surface area (Å²) in [5.41, 5.74) is 1.74. The summed E-state index contributed by atoms with van der Waals surface area (Å²) in [4.78, 5) is 27.7. The molecule has 2 aromatic rings. The molecule has 2 rings (SSSR count). The minimum Gasteiger partial charge on any atom is -0.354 e. The lowest BCUT2D eigenvalue weighted by atomic mass is 10.1. The van der Waals surface area contributed by atoms with E-state index in [1.807, 2.05) is 6.92 Å². The third kappa shape index (κ3) is 7.28. The molecule has 180 valence electrons. The third-order valence-electron chi connectivity index (χ3n) is 5.26. The Kier molecular flexibility index (Phi) is 9.40. The first kappa shape index (κ1) is 26.3. The highest BCUT2D eigenvalue weighted by Gasteiger charge is 2.31. The average molecular weight is 478 g/mol. The highest BCUT2D eigenvalue weighted by atomic mass is 32.2. The molecule has 0 aliphatic rings. The Morgan fingerprint density at radius 3 is 2.24 bits per heavy atom. The van der Waals surface area contributed by atoms with E-state index in [2.05, 4.69) is 5.32 Å². The van der Waals surface area contributed by atoms with E-state index in [0.29, 0.717) is 29.8 Å². The zero-order chi connectivity index (χ0) is 24.6. The Balaban J connectivity index is 2.42. The number of halogens is 1. The molecule has 0 unspecified atom stereocenters. The quantitative estimate of drug-likeness (QED) is 0.538. The van der Waals surface area contributed by atoms with E-state index in [1.54, 1.807) is 50.2 Å². The van der Waals surface area contributed by atoms with Gasteiger partial charge >= 0.3 is 0 Å². The average Bonchev–Trinajstić information content (AvgIpc) is 2.77. The Bertz CT molecular complexity index is 1060. The minimum absolute atomic E-state index is 0.0442. The first-order chi connectivity index (χ1) is 15.6. The number of nitrogens with zero attached hydrogens (tertiary/aromatic N) is 2. The summed E-state index contributed by atoms with van der Waals surface area (Å²) in [6.07, 6.45) is 2.12. The van der Waals surface area contributed by atoms with Crippen LogP contribution in [0.1, 0.15) is 37.8 Å². The van der Waals surface area contributed by atoms with Gasteiger partial charge in [-0.1, -0.05) is 44.2 Å². The number of carbonyl (C=O) groups excluding carboxylic acids is 2. The first-order valence-corrected chi connectivity index (χ1v) is 12.8. The number of nitrogens with one attached hydrogen (secondary N) is 1. The van der Waals surface area contributed by atoms with Gasteiger partial charge in [0, 0.05) is 13.1 Å². The van der Waals surface area contributed by atoms with Crippen LogP contribution in [-0.4, -0.2) is 50.5 Å². The van der Waals surface area contributed by atoms with Gasteiger partial charge in [-0.3, -0.25) is 13.9 Å². The monoisotopic (exact) mass is 477 g/mol. The maximum atomic E-state index is 13.5. The lowest BCUT2D eigenvalue weighted by Gasteiger charge is -2.33. The number of sulfonamides is 1. The molecule has 2 amide bonds. The zero-order valence-corrected chi connectivity index (χ0v) is 20.4. The molecule has 9 heteroatoms. The maximum Gasteiger partial charge on any atom is 0.244 e. The van der Waals surface area contributed by atoms with Crippen LogP contribution in [0, 0.1) is 12.7 Å². The molecule has 0 spiro atoms. The fourth-order valence-corrected chi connectivity index (χ4v) is 4.42. The van der Waals surface area contributed by atoms with Gasteiger partial charge in [0.15, 0.2) is 0 Å². The summed E-state index contributed by atoms with van der Waals surface area (Å²) >= 11 is 0. The Labute approximate surface area is 195 Å². The summed E-state index contributed by atoms with van der Waals surface area (Å²) in [5, 5.41) is 2.81. The molecule has 1 N–H and O–H groups in total. The maximum absolute atomic E-state index is 13.5. The molecule has 0 saturated heterocycles. The third-order valence-corrected chi connectivity index (χ3v) is 6.39. The molecule has 1 atom stereocenters. The fraction of sp³-hybridized carbons (Fsp3) is 0.417. The van der Waals surface area contributed by atoms with E-state index in [0.717, 1.165) is 17.0 Å². The highest BCUT2D eigenvalue weighted by Crippen LogP contribution is 2.23. The molecule has 7 nitrogen and oxygen atoms in total. The van der Waals surface area contributed by atoms with Crippen LogP contribution in [0.4, 0.5) is 10.1 Å². The molecule has 2 aromatic carbocycles. The summed E-state index contributed by atoms with van der Waals surface area (Å²) in [6.45, 7) is 5.53. The van der Waals surface area contributed by atoms with Crippen molar-refractivity contribution in [1.29, 1.82) is 0 Å². The van der Waals surface area contributed by atoms with Crippen LogP contribution in [0.25, 0.3) is 0 Å². The predicted octanol–water partition coefficient (Wildman–Crippen LogP) is 3.23. The van der Waals surface area contributed by atoms with Crippen molar-refractivity contribution in [3.63, 3.8) is 0 Å². The van der Waals surface area contributed by atoms with E-state index >= 15 is 0 Å². The van der Waals surface area contributed by atoms with Crippen molar-refractivity contribution in [2.45, 2.75) is 46.2 Å². The molecule has 0 fully saturated rings. The lowest BCUT2D eigenvalue weighted by Crippen LogP contribution is -2.52. The van der Waals surface area contributed by atoms with Crippen molar-refractivity contribution in [2.75, 3.05) is 23.7 Å². The molecule has 0 aliphatic heterocycles. The van der Waals surface area contributed by atoms with Gasteiger partial charge in [0.25, 0.3) is 0 Å². The molecule has 0 heterocycles. The van der Waals surface area contributed by atoms with Gasteiger partial charge in [-0.15, -0.1) is 0 Å². The Morgan fingerprint density at radius 1 is 1.06 bits per heavy atom. The van der Waals surface area contributed by atoms with Crippen molar-refractivity contribution < 1.29 is 22.4 Å². The van der Waals surface area contributed by atoms with E-state index in [4.69, 9.17) is 0 Å². The van der Waals surface area contributed by atoms with Crippen molar-refractivity contribution in [3.8, 4) is 0 Å². The summed E-state index contributed by atoms with van der Waals surface area (Å²) in [6, 6.07) is 11.7. The van der Waals surface area contributed by atoms with E-state index in [9.17, 15) is 22.4 Å². The second-order valence-electron chi connectivity index (χ2n) is 7.92. The van der Waals surface area contributed by atoms with Crippen LogP contribution < -0.4 is 9.62 Å². The molecular formula is C24H32FN3O4S. The zero-order valence-electron chi connectivity index (χ0n) is 19.5. The fourth-order valence-electron chi connectivity index (χ4n) is 3.51. The number of anilines is 1. The van der Waals surface area contributed by atoms with Crippen LogP contribution >= 0.6 is 0 Å². The number of benzene rings is 2. The van der Waals surface area contributed by atoms with Crippen molar-refractivity contribution >= 4 is 27.5 Å². The van der Waals surface area contributed by atoms with Crippen LogP contribution in [-0.2, 0) is 26.2 Å². The summed E-state index contributed by atoms with van der Waals surface area (Å²) in [7, 11) is -3.78. The van der Waals surface area contributed by atoms with Gasteiger partial charge in [-0.05, 0) is 49.1 Å². The van der Waals surface area contributed by atoms with Crippen molar-refractivity contribution in [3.05, 3.63) is 65.5 Å². The minimum atomic E-state index is -3.78. The number of aryl methyl sites for hydroxylation is 1.